The van der Waals surface area contributed by atoms with Gasteiger partial charge in [0.25, 0.3) is 0 Å². The largest absolute Gasteiger partial charge is 0.479 e. The second-order valence-electron chi connectivity index (χ2n) is 11.0. The predicted octanol–water partition coefficient (Wildman–Crippen LogP) is 4.64. The van der Waals surface area contributed by atoms with Crippen LogP contribution in [0.4, 0.5) is 0 Å². The maximum absolute atomic E-state index is 11.4. The van der Waals surface area contributed by atoms with E-state index in [1.54, 1.807) is 13.8 Å². The van der Waals surface area contributed by atoms with Crippen molar-refractivity contribution in [3.8, 4) is 0 Å². The Hall–Kier alpha value is -1.95. The van der Waals surface area contributed by atoms with Gasteiger partial charge in [-0.25, -0.2) is 4.79 Å². The Bertz CT molecular complexity index is 836. The first kappa shape index (κ1) is 25.7. The molecule has 180 valence electrons. The summed E-state index contributed by atoms with van der Waals surface area (Å²) in [6, 6.07) is 21.3. The van der Waals surface area contributed by atoms with Crippen molar-refractivity contribution in [3.63, 3.8) is 0 Å². The van der Waals surface area contributed by atoms with E-state index in [9.17, 15) is 9.90 Å². The molecule has 1 N–H and O–H groups in total. The molecule has 4 nitrogen and oxygen atoms in total. The molecule has 3 atom stereocenters. The topological polar surface area (TPSA) is 55.8 Å². The normalized spacial score (nSPS) is 20.5. The van der Waals surface area contributed by atoms with Crippen LogP contribution in [-0.2, 0) is 14.0 Å². The van der Waals surface area contributed by atoms with Crippen LogP contribution in [0.1, 0.15) is 60.3 Å². The van der Waals surface area contributed by atoms with Crippen molar-refractivity contribution in [2.45, 2.75) is 72.0 Å². The van der Waals surface area contributed by atoms with Crippen molar-refractivity contribution in [3.05, 3.63) is 60.7 Å². The molecule has 5 heteroatoms. The highest BCUT2D eigenvalue weighted by Gasteiger charge is 2.39. The minimum absolute atomic E-state index is 0.00254. The van der Waals surface area contributed by atoms with E-state index in [-0.39, 0.29) is 11.5 Å². The summed E-state index contributed by atoms with van der Waals surface area (Å²) in [5.41, 5.74) is -1.14. The van der Waals surface area contributed by atoms with Crippen molar-refractivity contribution in [2.75, 3.05) is 6.61 Å². The van der Waals surface area contributed by atoms with Crippen molar-refractivity contribution in [2.24, 2.45) is 17.3 Å². The number of carbonyl (C=O) groups is 1. The van der Waals surface area contributed by atoms with Crippen LogP contribution in [-0.4, -0.2) is 38.4 Å². The van der Waals surface area contributed by atoms with Gasteiger partial charge in [-0.15, -0.1) is 0 Å². The lowest BCUT2D eigenvalue weighted by Crippen LogP contribution is -2.52. The minimum Gasteiger partial charge on any atom is -0.479 e. The van der Waals surface area contributed by atoms with E-state index in [4.69, 9.17) is 9.16 Å². The molecule has 0 amide bonds. The Balaban J connectivity index is 1.80. The average molecular weight is 469 g/mol. The Morgan fingerprint density at radius 3 is 2.00 bits per heavy atom. The summed E-state index contributed by atoms with van der Waals surface area (Å²) in [6.07, 6.45) is 4.50. The monoisotopic (exact) mass is 468 g/mol. The second-order valence-corrected chi connectivity index (χ2v) is 13.4. The minimum atomic E-state index is -1.87. The molecule has 1 saturated carbocycles. The number of hydrogen-bond donors (Lipinski definition) is 1. The molecule has 1 aliphatic rings. The number of benzene rings is 2. The molecular formula is C28H40O4Si. The second kappa shape index (κ2) is 11.0. The molecule has 0 spiro atoms. The summed E-state index contributed by atoms with van der Waals surface area (Å²) in [4.78, 5) is 11.4. The first-order chi connectivity index (χ1) is 15.6. The lowest BCUT2D eigenvalue weighted by molar-refractivity contribution is -0.163. The van der Waals surface area contributed by atoms with Crippen molar-refractivity contribution in [1.82, 2.24) is 0 Å². The molecule has 1 aliphatic carbocycles. The zero-order chi connectivity index (χ0) is 24.1. The van der Waals surface area contributed by atoms with E-state index < -0.39 is 20.6 Å². The SMILES string of the molecule is CC(C)(OC[C@H]1CCC[C@@H](C(O[SiH](c2ccccc2)c2ccccc2)C(C)(C)C)C1)C(=O)O. The van der Waals surface area contributed by atoms with Gasteiger partial charge in [0.05, 0.1) is 12.7 Å². The quantitative estimate of drug-likeness (QED) is 0.545. The molecule has 0 bridgehead atoms. The summed E-state index contributed by atoms with van der Waals surface area (Å²) in [6.45, 7) is 10.6. The molecular weight excluding hydrogens is 428 g/mol. The van der Waals surface area contributed by atoms with E-state index in [2.05, 4.69) is 81.4 Å². The van der Waals surface area contributed by atoms with Gasteiger partial charge in [0.1, 0.15) is 0 Å². The predicted molar refractivity (Wildman–Crippen MR) is 137 cm³/mol. The van der Waals surface area contributed by atoms with Gasteiger partial charge in [-0.2, -0.15) is 0 Å². The number of ether oxygens (including phenoxy) is 1. The molecule has 0 aliphatic heterocycles. The first-order valence-electron chi connectivity index (χ1n) is 12.2. The molecule has 2 aromatic rings. The van der Waals surface area contributed by atoms with Crippen LogP contribution in [0.5, 0.6) is 0 Å². The molecule has 1 fully saturated rings. The third-order valence-electron chi connectivity index (χ3n) is 6.79. The van der Waals surface area contributed by atoms with Crippen LogP contribution in [0.15, 0.2) is 60.7 Å². The maximum Gasteiger partial charge on any atom is 0.335 e. The molecule has 2 aromatic carbocycles. The van der Waals surface area contributed by atoms with Crippen molar-refractivity contribution < 1.29 is 19.1 Å². The summed E-state index contributed by atoms with van der Waals surface area (Å²) in [7, 11) is -1.87. The molecule has 0 aromatic heterocycles. The number of hydrogen-bond acceptors (Lipinski definition) is 3. The summed E-state index contributed by atoms with van der Waals surface area (Å²) >= 11 is 0. The van der Waals surface area contributed by atoms with Gasteiger partial charge in [-0.3, -0.25) is 0 Å². The zero-order valence-electron chi connectivity index (χ0n) is 20.8. The molecule has 0 heterocycles. The van der Waals surface area contributed by atoms with Crippen molar-refractivity contribution >= 4 is 25.4 Å². The molecule has 0 saturated heterocycles. The average Bonchev–Trinajstić information content (AvgIpc) is 2.79. The highest BCUT2D eigenvalue weighted by atomic mass is 28.3. The molecule has 0 radical (unpaired) electrons. The number of carboxylic acids is 1. The van der Waals surface area contributed by atoms with E-state index in [1.165, 1.54) is 10.4 Å². The summed E-state index contributed by atoms with van der Waals surface area (Å²) < 4.78 is 13.0. The molecule has 1 unspecified atom stereocenters. The van der Waals surface area contributed by atoms with Crippen LogP contribution >= 0.6 is 0 Å². The standard InChI is InChI=1S/C28H40O4Si/c1-27(2,3)25(22-14-12-13-21(19-22)20-31-28(4,5)26(29)30)32-33(23-15-8-6-9-16-23)24-17-10-7-11-18-24/h6-11,15-18,21-22,25,33H,12-14,19-20H2,1-5H3,(H,29,30)/t21-,22+,25?/m0/s1. The van der Waals surface area contributed by atoms with Crippen LogP contribution in [0, 0.1) is 17.3 Å². The maximum atomic E-state index is 11.4. The smallest absolute Gasteiger partial charge is 0.335 e. The van der Waals surface area contributed by atoms with Gasteiger partial charge in [0.15, 0.2) is 5.60 Å². The van der Waals surface area contributed by atoms with E-state index in [0.717, 1.165) is 25.7 Å². The fraction of sp³-hybridized carbons (Fsp3) is 0.536. The van der Waals surface area contributed by atoms with Gasteiger partial charge in [0.2, 0.25) is 9.04 Å². The number of rotatable bonds is 9. The van der Waals surface area contributed by atoms with Crippen LogP contribution in [0.3, 0.4) is 0 Å². The van der Waals surface area contributed by atoms with Crippen LogP contribution in [0.2, 0.25) is 0 Å². The Labute approximate surface area is 201 Å². The van der Waals surface area contributed by atoms with Crippen LogP contribution in [0.25, 0.3) is 0 Å². The molecule has 33 heavy (non-hydrogen) atoms. The first-order valence-corrected chi connectivity index (χ1v) is 13.8. The molecule has 3 rings (SSSR count). The third-order valence-corrected chi connectivity index (χ3v) is 9.33. The van der Waals surface area contributed by atoms with Gasteiger partial charge < -0.3 is 14.3 Å². The van der Waals surface area contributed by atoms with Gasteiger partial charge in [-0.1, -0.05) is 87.9 Å². The van der Waals surface area contributed by atoms with Gasteiger partial charge in [0, 0.05) is 0 Å². The van der Waals surface area contributed by atoms with E-state index in [1.807, 2.05) is 0 Å². The third kappa shape index (κ3) is 7.01. The summed E-state index contributed by atoms with van der Waals surface area (Å²) in [5.74, 6) is -0.113. The lowest BCUT2D eigenvalue weighted by Gasteiger charge is -2.43. The fourth-order valence-electron chi connectivity index (χ4n) is 4.92. The Morgan fingerprint density at radius 2 is 1.52 bits per heavy atom. The highest BCUT2D eigenvalue weighted by molar-refractivity contribution is 6.80. The van der Waals surface area contributed by atoms with Gasteiger partial charge in [-0.05, 0) is 60.7 Å². The Kier molecular flexibility index (Phi) is 8.54. The fourth-order valence-corrected chi connectivity index (χ4v) is 7.69. The number of carboxylic acid groups (broad SMARTS) is 1. The zero-order valence-corrected chi connectivity index (χ0v) is 21.9. The van der Waals surface area contributed by atoms with E-state index in [0.29, 0.717) is 18.4 Å². The van der Waals surface area contributed by atoms with Gasteiger partial charge >= 0.3 is 5.97 Å². The lowest BCUT2D eigenvalue weighted by atomic mass is 9.72. The van der Waals surface area contributed by atoms with Crippen LogP contribution < -0.4 is 10.4 Å². The Morgan fingerprint density at radius 1 is 0.970 bits per heavy atom. The highest BCUT2D eigenvalue weighted by Crippen LogP contribution is 2.39. The number of aliphatic carboxylic acids is 1. The van der Waals surface area contributed by atoms with Crippen molar-refractivity contribution in [1.29, 1.82) is 0 Å². The summed E-state index contributed by atoms with van der Waals surface area (Å²) in [5, 5.41) is 12.0. The van der Waals surface area contributed by atoms with E-state index >= 15 is 0 Å².